The van der Waals surface area contributed by atoms with Crippen molar-refractivity contribution in [3.05, 3.63) is 142 Å². The van der Waals surface area contributed by atoms with Crippen molar-refractivity contribution in [3.8, 4) is 0 Å². The average molecular weight is 644 g/mol. The normalized spacial score (nSPS) is 16.1. The van der Waals surface area contributed by atoms with Gasteiger partial charge in [-0.2, -0.15) is 13.2 Å². The summed E-state index contributed by atoms with van der Waals surface area (Å²) < 4.78 is 39.4. The third-order valence-corrected chi connectivity index (χ3v) is 8.69. The molecule has 0 aliphatic carbocycles. The van der Waals surface area contributed by atoms with Gasteiger partial charge in [0.2, 0.25) is 0 Å². The van der Waals surface area contributed by atoms with Crippen LogP contribution in [0.4, 0.5) is 13.2 Å². The van der Waals surface area contributed by atoms with Gasteiger partial charge in [0.05, 0.1) is 23.8 Å². The van der Waals surface area contributed by atoms with Crippen molar-refractivity contribution < 1.29 is 27.9 Å². The maximum atomic E-state index is 13.8. The fourth-order valence-corrected chi connectivity index (χ4v) is 6.26. The highest BCUT2D eigenvalue weighted by Gasteiger charge is 2.32. The van der Waals surface area contributed by atoms with Crippen LogP contribution >= 0.6 is 0 Å². The van der Waals surface area contributed by atoms with Gasteiger partial charge in [0.15, 0.2) is 0 Å². The Labute approximate surface area is 273 Å². The van der Waals surface area contributed by atoms with E-state index >= 15 is 0 Å². The zero-order valence-electron chi connectivity index (χ0n) is 26.6. The number of alkyl halides is 3. The lowest BCUT2D eigenvalue weighted by atomic mass is 9.97. The van der Waals surface area contributed by atoms with Gasteiger partial charge in [0, 0.05) is 30.8 Å². The summed E-state index contributed by atoms with van der Waals surface area (Å²) in [5.74, 6) is -0.577. The highest BCUT2D eigenvalue weighted by molar-refractivity contribution is 6.00. The van der Waals surface area contributed by atoms with Crippen LogP contribution in [0.2, 0.25) is 0 Å². The summed E-state index contributed by atoms with van der Waals surface area (Å²) in [4.78, 5) is 29.2. The molecule has 1 unspecified atom stereocenters. The molecule has 5 rings (SSSR count). The van der Waals surface area contributed by atoms with Crippen LogP contribution < -0.4 is 10.6 Å². The van der Waals surface area contributed by atoms with E-state index in [1.165, 1.54) is 11.6 Å². The lowest BCUT2D eigenvalue weighted by molar-refractivity contribution is -0.137. The van der Waals surface area contributed by atoms with Crippen LogP contribution in [0.1, 0.15) is 73.0 Å². The molecule has 6 nitrogen and oxygen atoms in total. The number of aryl methyl sites for hydroxylation is 2. The summed E-state index contributed by atoms with van der Waals surface area (Å²) >= 11 is 0. The molecule has 1 fully saturated rings. The minimum atomic E-state index is -4.45. The zero-order valence-corrected chi connectivity index (χ0v) is 26.6. The van der Waals surface area contributed by atoms with Crippen molar-refractivity contribution in [1.29, 1.82) is 0 Å². The number of aliphatic hydroxyl groups excluding tert-OH is 1. The SMILES string of the molecule is Cc1ccc(C2CCCN2C(=O)c2cccc(C(=O)N[C@@H](Cc3ccccc3)[C@H](O)CNCc3cccc(C(F)(F)F)c3)c2)c(C)c1. The summed E-state index contributed by atoms with van der Waals surface area (Å²) in [5, 5.41) is 17.1. The minimum absolute atomic E-state index is 0.0291. The molecule has 1 aliphatic heterocycles. The Hall–Kier alpha value is -4.47. The summed E-state index contributed by atoms with van der Waals surface area (Å²) in [6.45, 7) is 4.88. The van der Waals surface area contributed by atoms with Gasteiger partial charge in [-0.15, -0.1) is 0 Å². The van der Waals surface area contributed by atoms with E-state index in [4.69, 9.17) is 0 Å². The number of nitrogens with zero attached hydrogens (tertiary/aromatic N) is 1. The first-order valence-corrected chi connectivity index (χ1v) is 15.9. The molecule has 2 amide bonds. The van der Waals surface area contributed by atoms with Crippen LogP contribution in [0, 0.1) is 13.8 Å². The molecule has 4 aromatic rings. The number of benzene rings is 4. The predicted molar refractivity (Wildman–Crippen MR) is 176 cm³/mol. The Balaban J connectivity index is 1.28. The van der Waals surface area contributed by atoms with Crippen molar-refractivity contribution >= 4 is 11.8 Å². The molecule has 0 aromatic heterocycles. The van der Waals surface area contributed by atoms with Crippen LogP contribution in [0.3, 0.4) is 0 Å². The molecule has 0 bridgehead atoms. The molecule has 1 aliphatic rings. The first kappa shape index (κ1) is 33.9. The van der Waals surface area contributed by atoms with E-state index < -0.39 is 29.8 Å². The van der Waals surface area contributed by atoms with E-state index in [0.717, 1.165) is 41.7 Å². The van der Waals surface area contributed by atoms with Crippen LogP contribution in [0.15, 0.2) is 97.1 Å². The number of rotatable bonds is 11. The number of nitrogens with one attached hydrogen (secondary N) is 2. The number of carbonyl (C=O) groups excluding carboxylic acids is 2. The minimum Gasteiger partial charge on any atom is -0.390 e. The van der Waals surface area contributed by atoms with E-state index in [1.807, 2.05) is 42.2 Å². The molecule has 3 atom stereocenters. The van der Waals surface area contributed by atoms with E-state index in [2.05, 4.69) is 35.8 Å². The number of amides is 2. The first-order valence-electron chi connectivity index (χ1n) is 15.9. The zero-order chi connectivity index (χ0) is 33.6. The molecule has 1 heterocycles. The van der Waals surface area contributed by atoms with Gasteiger partial charge < -0.3 is 20.6 Å². The molecule has 1 saturated heterocycles. The Kier molecular flexibility index (Phi) is 10.8. The molecule has 4 aromatic carbocycles. The number of halogens is 3. The standard InChI is InChI=1S/C38H40F3N3O3/c1-25-16-17-32(26(2)19-25)34-15-8-18-44(34)37(47)30-13-7-12-29(22-30)36(46)43-33(21-27-9-4-3-5-10-27)35(45)24-42-23-28-11-6-14-31(20-28)38(39,40)41/h3-7,9-14,16-17,19-20,22,33-35,42,45H,8,15,18,21,23-24H2,1-2H3,(H,43,46)/t33-,34?,35+/m0/s1. The maximum Gasteiger partial charge on any atom is 0.416 e. The number of carbonyl (C=O) groups is 2. The van der Waals surface area contributed by atoms with Crippen molar-refractivity contribution in [1.82, 2.24) is 15.5 Å². The molecule has 0 saturated carbocycles. The van der Waals surface area contributed by atoms with Crippen molar-refractivity contribution in [2.24, 2.45) is 0 Å². The molecular formula is C38H40F3N3O3. The van der Waals surface area contributed by atoms with Crippen molar-refractivity contribution in [2.45, 2.75) is 64.0 Å². The highest BCUT2D eigenvalue weighted by atomic mass is 19.4. The second-order valence-corrected chi connectivity index (χ2v) is 12.3. The third-order valence-electron chi connectivity index (χ3n) is 8.69. The monoisotopic (exact) mass is 643 g/mol. The summed E-state index contributed by atoms with van der Waals surface area (Å²) in [5.41, 5.74) is 4.74. The first-order chi connectivity index (χ1) is 22.5. The summed E-state index contributed by atoms with van der Waals surface area (Å²) in [7, 11) is 0. The van der Waals surface area contributed by atoms with E-state index in [9.17, 15) is 27.9 Å². The lowest BCUT2D eigenvalue weighted by Crippen LogP contribution is -2.48. The molecule has 0 radical (unpaired) electrons. The molecule has 0 spiro atoms. The number of hydrogen-bond acceptors (Lipinski definition) is 4. The molecule has 3 N–H and O–H groups in total. The van der Waals surface area contributed by atoms with Gasteiger partial charge in [0.1, 0.15) is 0 Å². The van der Waals surface area contributed by atoms with E-state index in [1.54, 1.807) is 30.3 Å². The Bertz CT molecular complexity index is 1690. The summed E-state index contributed by atoms with van der Waals surface area (Å²) in [6.07, 6.45) is -3.42. The number of likely N-dealkylation sites (tertiary alicyclic amines) is 1. The topological polar surface area (TPSA) is 81.7 Å². The van der Waals surface area contributed by atoms with Crippen LogP contribution in [-0.4, -0.2) is 47.1 Å². The fourth-order valence-electron chi connectivity index (χ4n) is 6.26. The predicted octanol–water partition coefficient (Wildman–Crippen LogP) is 6.79. The van der Waals surface area contributed by atoms with Crippen LogP contribution in [0.5, 0.6) is 0 Å². The fraction of sp³-hybridized carbons (Fsp3) is 0.316. The quantitative estimate of drug-likeness (QED) is 0.168. The third kappa shape index (κ3) is 8.67. The van der Waals surface area contributed by atoms with Gasteiger partial charge in [-0.25, -0.2) is 0 Å². The number of aliphatic hydroxyl groups is 1. The lowest BCUT2D eigenvalue weighted by Gasteiger charge is -2.27. The van der Waals surface area contributed by atoms with Gasteiger partial charge in [-0.3, -0.25) is 9.59 Å². The molecule has 246 valence electrons. The molecule has 47 heavy (non-hydrogen) atoms. The highest BCUT2D eigenvalue weighted by Crippen LogP contribution is 2.35. The molecular weight excluding hydrogens is 603 g/mol. The largest absolute Gasteiger partial charge is 0.416 e. The molecule has 9 heteroatoms. The smallest absolute Gasteiger partial charge is 0.390 e. The Morgan fingerprint density at radius 3 is 2.36 bits per heavy atom. The van der Waals surface area contributed by atoms with Gasteiger partial charge in [0.25, 0.3) is 11.8 Å². The second kappa shape index (κ2) is 15.0. The Morgan fingerprint density at radius 1 is 0.894 bits per heavy atom. The van der Waals surface area contributed by atoms with Crippen molar-refractivity contribution in [2.75, 3.05) is 13.1 Å². The van der Waals surface area contributed by atoms with Crippen LogP contribution in [-0.2, 0) is 19.1 Å². The average Bonchev–Trinajstić information content (AvgIpc) is 3.54. The van der Waals surface area contributed by atoms with Gasteiger partial charge in [-0.1, -0.05) is 78.4 Å². The van der Waals surface area contributed by atoms with Crippen LogP contribution in [0.25, 0.3) is 0 Å². The van der Waals surface area contributed by atoms with E-state index in [-0.39, 0.29) is 25.0 Å². The summed E-state index contributed by atoms with van der Waals surface area (Å²) in [6, 6.07) is 26.6. The van der Waals surface area contributed by atoms with Gasteiger partial charge >= 0.3 is 6.18 Å². The second-order valence-electron chi connectivity index (χ2n) is 12.3. The van der Waals surface area contributed by atoms with E-state index in [0.29, 0.717) is 29.7 Å². The number of hydrogen-bond donors (Lipinski definition) is 3. The maximum absolute atomic E-state index is 13.8. The van der Waals surface area contributed by atoms with Gasteiger partial charge in [-0.05, 0) is 79.6 Å². The van der Waals surface area contributed by atoms with Crippen molar-refractivity contribution in [3.63, 3.8) is 0 Å². The Morgan fingerprint density at radius 2 is 1.62 bits per heavy atom.